The third-order valence-corrected chi connectivity index (χ3v) is 6.35. The van der Waals surface area contributed by atoms with E-state index in [1.807, 2.05) is 6.92 Å². The number of rotatable bonds is 5. The molecule has 0 spiro atoms. The van der Waals surface area contributed by atoms with Crippen LogP contribution in [0.15, 0.2) is 18.5 Å². The SMILES string of the molecule is CC(Nc1ncc(C#N)c(C2CNc3ncc(C(F)(F)F)cc32)n1)C1CCN(CC#N)CC1. The van der Waals surface area contributed by atoms with Gasteiger partial charge in [0.05, 0.1) is 35.6 Å². The molecule has 2 aromatic heterocycles. The first-order valence-corrected chi connectivity index (χ1v) is 10.7. The molecule has 0 radical (unpaired) electrons. The van der Waals surface area contributed by atoms with Gasteiger partial charge in [-0.2, -0.15) is 23.7 Å². The van der Waals surface area contributed by atoms with Crippen LogP contribution in [0.1, 0.15) is 48.1 Å². The molecule has 0 bridgehead atoms. The monoisotopic (exact) mass is 456 g/mol. The van der Waals surface area contributed by atoms with E-state index in [-0.39, 0.29) is 11.6 Å². The highest BCUT2D eigenvalue weighted by atomic mass is 19.4. The average Bonchev–Trinajstić information content (AvgIpc) is 3.22. The van der Waals surface area contributed by atoms with Crippen LogP contribution in [0.4, 0.5) is 24.9 Å². The van der Waals surface area contributed by atoms with Gasteiger partial charge in [-0.1, -0.05) is 0 Å². The maximum absolute atomic E-state index is 13.2. The number of pyridine rings is 1. The van der Waals surface area contributed by atoms with Crippen LogP contribution in [0.3, 0.4) is 0 Å². The smallest absolute Gasteiger partial charge is 0.369 e. The molecule has 4 heterocycles. The van der Waals surface area contributed by atoms with Crippen molar-refractivity contribution in [1.82, 2.24) is 19.9 Å². The number of fused-ring (bicyclic) bond motifs is 1. The molecule has 11 heteroatoms. The van der Waals surface area contributed by atoms with Crippen molar-refractivity contribution in [3.8, 4) is 12.1 Å². The Labute approximate surface area is 189 Å². The highest BCUT2D eigenvalue weighted by Gasteiger charge is 2.36. The Morgan fingerprint density at radius 3 is 2.67 bits per heavy atom. The second kappa shape index (κ2) is 9.20. The van der Waals surface area contributed by atoms with Crippen LogP contribution < -0.4 is 10.6 Å². The number of aromatic nitrogens is 3. The van der Waals surface area contributed by atoms with Crippen LogP contribution in [0.25, 0.3) is 0 Å². The molecule has 2 unspecified atom stereocenters. The van der Waals surface area contributed by atoms with E-state index in [1.165, 1.54) is 6.20 Å². The molecule has 2 aromatic rings. The number of nitriles is 2. The molecule has 0 aromatic carbocycles. The fourth-order valence-electron chi connectivity index (χ4n) is 4.45. The number of nitrogens with zero attached hydrogens (tertiary/aromatic N) is 6. The quantitative estimate of drug-likeness (QED) is 0.659. The van der Waals surface area contributed by atoms with E-state index < -0.39 is 17.7 Å². The second-order valence-electron chi connectivity index (χ2n) is 8.40. The van der Waals surface area contributed by atoms with Gasteiger partial charge in [0.25, 0.3) is 0 Å². The molecule has 4 rings (SSSR count). The Morgan fingerprint density at radius 1 is 1.24 bits per heavy atom. The number of anilines is 2. The van der Waals surface area contributed by atoms with Gasteiger partial charge in [-0.15, -0.1) is 0 Å². The van der Waals surface area contributed by atoms with Gasteiger partial charge < -0.3 is 10.6 Å². The van der Waals surface area contributed by atoms with Crippen molar-refractivity contribution in [2.75, 3.05) is 36.8 Å². The van der Waals surface area contributed by atoms with E-state index in [0.29, 0.717) is 42.0 Å². The van der Waals surface area contributed by atoms with Crippen LogP contribution >= 0.6 is 0 Å². The van der Waals surface area contributed by atoms with Crippen molar-refractivity contribution < 1.29 is 13.2 Å². The minimum atomic E-state index is -4.51. The fraction of sp³-hybridized carbons (Fsp3) is 0.500. The summed E-state index contributed by atoms with van der Waals surface area (Å²) in [6, 6.07) is 5.36. The summed E-state index contributed by atoms with van der Waals surface area (Å²) in [7, 11) is 0. The fourth-order valence-corrected chi connectivity index (χ4v) is 4.45. The van der Waals surface area contributed by atoms with E-state index in [4.69, 9.17) is 5.26 Å². The third-order valence-electron chi connectivity index (χ3n) is 6.35. The average molecular weight is 456 g/mol. The predicted molar refractivity (Wildman–Crippen MR) is 114 cm³/mol. The van der Waals surface area contributed by atoms with E-state index in [9.17, 15) is 18.4 Å². The lowest BCUT2D eigenvalue weighted by Gasteiger charge is -2.34. The molecule has 2 aliphatic rings. The number of piperidine rings is 1. The van der Waals surface area contributed by atoms with E-state index in [0.717, 1.165) is 38.2 Å². The summed E-state index contributed by atoms with van der Waals surface area (Å²) in [5, 5.41) is 24.7. The van der Waals surface area contributed by atoms with Gasteiger partial charge in [0.1, 0.15) is 11.9 Å². The molecule has 172 valence electrons. The van der Waals surface area contributed by atoms with Crippen LogP contribution in [-0.2, 0) is 6.18 Å². The Morgan fingerprint density at radius 2 is 2.00 bits per heavy atom. The molecule has 1 saturated heterocycles. The van der Waals surface area contributed by atoms with Crippen molar-refractivity contribution in [2.24, 2.45) is 5.92 Å². The van der Waals surface area contributed by atoms with E-state index in [1.54, 1.807) is 0 Å². The van der Waals surface area contributed by atoms with Gasteiger partial charge in [0.2, 0.25) is 5.95 Å². The topological polar surface area (TPSA) is 114 Å². The number of hydrogen-bond donors (Lipinski definition) is 2. The number of hydrogen-bond acceptors (Lipinski definition) is 8. The lowest BCUT2D eigenvalue weighted by Crippen LogP contribution is -2.39. The van der Waals surface area contributed by atoms with Gasteiger partial charge in [0.15, 0.2) is 0 Å². The van der Waals surface area contributed by atoms with Gasteiger partial charge in [-0.25, -0.2) is 15.0 Å². The molecule has 0 amide bonds. The van der Waals surface area contributed by atoms with Crippen molar-refractivity contribution in [1.29, 1.82) is 10.5 Å². The first-order valence-electron chi connectivity index (χ1n) is 10.7. The zero-order valence-corrected chi connectivity index (χ0v) is 18.0. The summed E-state index contributed by atoms with van der Waals surface area (Å²) in [4.78, 5) is 14.8. The summed E-state index contributed by atoms with van der Waals surface area (Å²) in [5.74, 6) is 0.527. The van der Waals surface area contributed by atoms with Crippen molar-refractivity contribution in [3.63, 3.8) is 0 Å². The van der Waals surface area contributed by atoms with Crippen LogP contribution in [-0.4, -0.2) is 52.1 Å². The summed E-state index contributed by atoms with van der Waals surface area (Å²) in [6.07, 6.45) is -0.429. The van der Waals surface area contributed by atoms with Crippen molar-refractivity contribution >= 4 is 11.8 Å². The predicted octanol–water partition coefficient (Wildman–Crippen LogP) is 3.36. The van der Waals surface area contributed by atoms with Crippen LogP contribution in [0, 0.1) is 28.6 Å². The zero-order chi connectivity index (χ0) is 23.6. The number of halogens is 3. The molecule has 0 saturated carbocycles. The molecule has 2 atom stereocenters. The van der Waals surface area contributed by atoms with Gasteiger partial charge in [0, 0.05) is 30.3 Å². The molecule has 2 aliphatic heterocycles. The minimum Gasteiger partial charge on any atom is -0.369 e. The van der Waals surface area contributed by atoms with Crippen LogP contribution in [0.5, 0.6) is 0 Å². The van der Waals surface area contributed by atoms with Crippen molar-refractivity contribution in [3.05, 3.63) is 40.8 Å². The minimum absolute atomic E-state index is 0.0579. The number of likely N-dealkylation sites (tertiary alicyclic amines) is 1. The molecular weight excluding hydrogens is 433 g/mol. The molecule has 1 fully saturated rings. The van der Waals surface area contributed by atoms with Gasteiger partial charge >= 0.3 is 6.18 Å². The first kappa shape index (κ1) is 22.7. The lowest BCUT2D eigenvalue weighted by atomic mass is 9.90. The summed E-state index contributed by atoms with van der Waals surface area (Å²) in [5.41, 5.74) is 0.120. The number of nitrogens with one attached hydrogen (secondary N) is 2. The third kappa shape index (κ3) is 4.83. The second-order valence-corrected chi connectivity index (χ2v) is 8.40. The van der Waals surface area contributed by atoms with Gasteiger partial charge in [-0.3, -0.25) is 4.90 Å². The Kier molecular flexibility index (Phi) is 6.34. The maximum atomic E-state index is 13.2. The molecule has 8 nitrogen and oxygen atoms in total. The maximum Gasteiger partial charge on any atom is 0.417 e. The standard InChI is InChI=1S/C22H23F3N8/c1-13(14-2-5-33(6-3-14)7-4-26)31-21-30-10-15(9-27)19(32-21)18-12-29-20-17(18)8-16(11-28-20)22(23,24)25/h8,10-11,13-14,18H,2-3,5-7,12H2,1H3,(H,28,29)(H,30,31,32). The van der Waals surface area contributed by atoms with Gasteiger partial charge in [-0.05, 0) is 44.8 Å². The molecule has 2 N–H and O–H groups in total. The molecular formula is C22H23F3N8. The highest BCUT2D eigenvalue weighted by molar-refractivity contribution is 5.58. The summed E-state index contributed by atoms with van der Waals surface area (Å²) < 4.78 is 39.6. The Balaban J connectivity index is 1.55. The van der Waals surface area contributed by atoms with Crippen molar-refractivity contribution in [2.45, 2.75) is 37.9 Å². The first-order chi connectivity index (χ1) is 15.8. The van der Waals surface area contributed by atoms with E-state index in [2.05, 4.69) is 42.6 Å². The summed E-state index contributed by atoms with van der Waals surface area (Å²) >= 11 is 0. The highest BCUT2D eigenvalue weighted by Crippen LogP contribution is 2.39. The molecule has 33 heavy (non-hydrogen) atoms. The Bertz CT molecular complexity index is 1100. The lowest BCUT2D eigenvalue weighted by molar-refractivity contribution is -0.137. The number of alkyl halides is 3. The molecule has 0 aliphatic carbocycles. The van der Waals surface area contributed by atoms with E-state index >= 15 is 0 Å². The summed E-state index contributed by atoms with van der Waals surface area (Å²) in [6.45, 7) is 4.46. The Hall–Kier alpha value is -3.44. The van der Waals surface area contributed by atoms with Crippen LogP contribution in [0.2, 0.25) is 0 Å². The normalized spacial score (nSPS) is 19.8. The largest absolute Gasteiger partial charge is 0.417 e. The zero-order valence-electron chi connectivity index (χ0n) is 18.0.